The molecule has 0 radical (unpaired) electrons. The van der Waals surface area contributed by atoms with Crippen LogP contribution in [0.1, 0.15) is 61.0 Å². The second kappa shape index (κ2) is 8.18. The Hall–Kier alpha value is -1.31. The van der Waals surface area contributed by atoms with Crippen LogP contribution in [0.15, 0.2) is 5.38 Å². The maximum atomic E-state index is 10.4. The lowest BCUT2D eigenvalue weighted by atomic mass is 9.92. The number of aromatic nitrogens is 4. The zero-order valence-electron chi connectivity index (χ0n) is 14.4. The molecule has 0 unspecified atom stereocenters. The Bertz CT molecular complexity index is 655. The number of aryl methyl sites for hydroxylation is 1. The maximum Gasteiger partial charge on any atom is 0.153 e. The first-order chi connectivity index (χ1) is 11.7. The largest absolute Gasteiger partial charge is 0.391 e. The molecule has 132 valence electrons. The van der Waals surface area contributed by atoms with E-state index >= 15 is 0 Å². The predicted octanol–water partition coefficient (Wildman–Crippen LogP) is 2.69. The van der Waals surface area contributed by atoms with Crippen LogP contribution in [0.3, 0.4) is 0 Å². The summed E-state index contributed by atoms with van der Waals surface area (Å²) in [6, 6.07) is 0.0295. The van der Waals surface area contributed by atoms with Gasteiger partial charge in [-0.1, -0.05) is 12.8 Å². The Balaban J connectivity index is 1.82. The van der Waals surface area contributed by atoms with Gasteiger partial charge in [-0.25, -0.2) is 14.6 Å². The summed E-state index contributed by atoms with van der Waals surface area (Å²) in [5, 5.41) is 18.2. The molecule has 2 heterocycles. The zero-order chi connectivity index (χ0) is 16.9. The van der Waals surface area contributed by atoms with E-state index in [1.54, 1.807) is 11.3 Å². The van der Waals surface area contributed by atoms with Crippen LogP contribution in [-0.2, 0) is 17.6 Å². The summed E-state index contributed by atoms with van der Waals surface area (Å²) in [5.41, 5.74) is 1.02. The average molecular weight is 350 g/mol. The van der Waals surface area contributed by atoms with Crippen molar-refractivity contribution in [2.45, 2.75) is 64.5 Å². The third-order valence-electron chi connectivity index (χ3n) is 4.43. The summed E-state index contributed by atoms with van der Waals surface area (Å²) in [6.07, 6.45) is 5.04. The fraction of sp³-hybridized carbons (Fsp3) is 0.706. The van der Waals surface area contributed by atoms with Gasteiger partial charge in [-0.05, 0) is 26.7 Å². The number of aliphatic hydroxyl groups is 1. The third-order valence-corrected chi connectivity index (χ3v) is 5.26. The minimum Gasteiger partial charge on any atom is -0.391 e. The van der Waals surface area contributed by atoms with Crippen LogP contribution < -0.4 is 0 Å². The molecule has 24 heavy (non-hydrogen) atoms. The van der Waals surface area contributed by atoms with E-state index < -0.39 is 0 Å². The number of rotatable bonds is 7. The summed E-state index contributed by atoms with van der Waals surface area (Å²) >= 11 is 1.65. The van der Waals surface area contributed by atoms with Gasteiger partial charge in [0.25, 0.3) is 0 Å². The smallest absolute Gasteiger partial charge is 0.153 e. The van der Waals surface area contributed by atoms with Gasteiger partial charge in [-0.15, -0.1) is 11.3 Å². The second-order valence-electron chi connectivity index (χ2n) is 6.29. The lowest BCUT2D eigenvalue weighted by Gasteiger charge is -2.28. The standard InChI is InChI=1S/C17H26N4O2S/c1-3-23-9-8-16-19-17(10-13-11-24-12(2)18-13)21(20-16)14-6-4-5-7-15(14)22/h11,14-15,22H,3-10H2,1-2H3/t14-,15-/m1/s1. The number of ether oxygens (including phenoxy) is 1. The molecule has 3 rings (SSSR count). The molecule has 2 aromatic rings. The quantitative estimate of drug-likeness (QED) is 0.777. The first-order valence-corrected chi connectivity index (χ1v) is 9.66. The first-order valence-electron chi connectivity index (χ1n) is 8.78. The summed E-state index contributed by atoms with van der Waals surface area (Å²) in [4.78, 5) is 9.27. The molecule has 7 heteroatoms. The number of thiazole rings is 1. The van der Waals surface area contributed by atoms with Crippen molar-refractivity contribution < 1.29 is 9.84 Å². The fourth-order valence-corrected chi connectivity index (χ4v) is 3.85. The molecule has 0 bridgehead atoms. The van der Waals surface area contributed by atoms with Gasteiger partial charge >= 0.3 is 0 Å². The molecule has 1 fully saturated rings. The molecule has 2 atom stereocenters. The molecule has 0 spiro atoms. The highest BCUT2D eigenvalue weighted by Crippen LogP contribution is 2.29. The molecule has 1 aliphatic carbocycles. The minimum atomic E-state index is -0.337. The maximum absolute atomic E-state index is 10.4. The molecule has 6 nitrogen and oxygen atoms in total. The van der Waals surface area contributed by atoms with E-state index in [-0.39, 0.29) is 12.1 Å². The minimum absolute atomic E-state index is 0.0295. The second-order valence-corrected chi connectivity index (χ2v) is 7.35. The Kier molecular flexibility index (Phi) is 5.97. The monoisotopic (exact) mass is 350 g/mol. The molecular weight excluding hydrogens is 324 g/mol. The number of aliphatic hydroxyl groups excluding tert-OH is 1. The van der Waals surface area contributed by atoms with E-state index in [4.69, 9.17) is 14.8 Å². The Labute approximate surface area is 146 Å². The Morgan fingerprint density at radius 1 is 1.33 bits per heavy atom. The van der Waals surface area contributed by atoms with Crippen LogP contribution in [0.5, 0.6) is 0 Å². The summed E-state index contributed by atoms with van der Waals surface area (Å²) in [6.45, 7) is 5.33. The Morgan fingerprint density at radius 2 is 2.17 bits per heavy atom. The number of hydrogen-bond donors (Lipinski definition) is 1. The van der Waals surface area contributed by atoms with Crippen molar-refractivity contribution in [1.82, 2.24) is 19.7 Å². The highest BCUT2D eigenvalue weighted by atomic mass is 32.1. The van der Waals surface area contributed by atoms with Gasteiger partial charge in [0, 0.05) is 18.4 Å². The van der Waals surface area contributed by atoms with Gasteiger partial charge in [0.2, 0.25) is 0 Å². The van der Waals surface area contributed by atoms with Gasteiger partial charge in [-0.2, -0.15) is 5.10 Å². The van der Waals surface area contributed by atoms with E-state index in [9.17, 15) is 5.11 Å². The van der Waals surface area contributed by atoms with Crippen molar-refractivity contribution in [3.63, 3.8) is 0 Å². The molecule has 1 saturated carbocycles. The average Bonchev–Trinajstić information content (AvgIpc) is 3.15. The van der Waals surface area contributed by atoms with Gasteiger partial charge in [-0.3, -0.25) is 0 Å². The van der Waals surface area contributed by atoms with Crippen molar-refractivity contribution >= 4 is 11.3 Å². The van der Waals surface area contributed by atoms with Crippen LogP contribution in [0.2, 0.25) is 0 Å². The normalized spacial score (nSPS) is 21.3. The highest BCUT2D eigenvalue weighted by Gasteiger charge is 2.28. The van der Waals surface area contributed by atoms with Crippen molar-refractivity contribution in [3.8, 4) is 0 Å². The highest BCUT2D eigenvalue weighted by molar-refractivity contribution is 7.09. The Morgan fingerprint density at radius 3 is 2.88 bits per heavy atom. The zero-order valence-corrected chi connectivity index (χ0v) is 15.3. The van der Waals surface area contributed by atoms with E-state index in [1.165, 1.54) is 0 Å². The predicted molar refractivity (Wildman–Crippen MR) is 93.4 cm³/mol. The van der Waals surface area contributed by atoms with Crippen LogP contribution in [0.4, 0.5) is 0 Å². The van der Waals surface area contributed by atoms with Crippen LogP contribution in [-0.4, -0.2) is 44.2 Å². The van der Waals surface area contributed by atoms with E-state index in [0.717, 1.165) is 48.0 Å². The van der Waals surface area contributed by atoms with E-state index in [1.807, 2.05) is 18.5 Å². The van der Waals surface area contributed by atoms with E-state index in [2.05, 4.69) is 10.4 Å². The van der Waals surface area contributed by atoms with Crippen LogP contribution in [0.25, 0.3) is 0 Å². The summed E-state index contributed by atoms with van der Waals surface area (Å²) in [5.74, 6) is 1.70. The molecule has 0 saturated heterocycles. The lowest BCUT2D eigenvalue weighted by molar-refractivity contribution is 0.0676. The van der Waals surface area contributed by atoms with Crippen LogP contribution in [0, 0.1) is 6.92 Å². The fourth-order valence-electron chi connectivity index (χ4n) is 3.23. The SMILES string of the molecule is CCOCCc1nc(Cc2csc(C)n2)n([C@@H]2CCCC[C@H]2O)n1. The van der Waals surface area contributed by atoms with Gasteiger partial charge in [0.05, 0.1) is 35.9 Å². The summed E-state index contributed by atoms with van der Waals surface area (Å²) < 4.78 is 7.38. The molecule has 1 N–H and O–H groups in total. The lowest BCUT2D eigenvalue weighted by Crippen LogP contribution is -2.29. The topological polar surface area (TPSA) is 73.1 Å². The molecular formula is C17H26N4O2S. The van der Waals surface area contributed by atoms with Gasteiger partial charge < -0.3 is 9.84 Å². The van der Waals surface area contributed by atoms with Crippen LogP contribution >= 0.6 is 11.3 Å². The van der Waals surface area contributed by atoms with Gasteiger partial charge in [0.1, 0.15) is 5.82 Å². The molecule has 1 aliphatic rings. The van der Waals surface area contributed by atoms with E-state index in [0.29, 0.717) is 26.1 Å². The molecule has 0 amide bonds. The molecule has 2 aromatic heterocycles. The number of hydrogen-bond acceptors (Lipinski definition) is 6. The summed E-state index contributed by atoms with van der Waals surface area (Å²) in [7, 11) is 0. The van der Waals surface area contributed by atoms with Gasteiger partial charge in [0.15, 0.2) is 5.82 Å². The van der Waals surface area contributed by atoms with Crippen molar-refractivity contribution in [2.24, 2.45) is 0 Å². The third kappa shape index (κ3) is 4.20. The molecule has 0 aliphatic heterocycles. The van der Waals surface area contributed by atoms with Crippen molar-refractivity contribution in [3.05, 3.63) is 27.7 Å². The van der Waals surface area contributed by atoms with Crippen molar-refractivity contribution in [2.75, 3.05) is 13.2 Å². The number of nitrogens with zero attached hydrogens (tertiary/aromatic N) is 4. The first kappa shape index (κ1) is 17.5. The van der Waals surface area contributed by atoms with Crippen molar-refractivity contribution in [1.29, 1.82) is 0 Å². The molecule has 0 aromatic carbocycles.